The van der Waals surface area contributed by atoms with Crippen molar-refractivity contribution < 1.29 is 4.79 Å². The highest BCUT2D eigenvalue weighted by molar-refractivity contribution is 5.99. The summed E-state index contributed by atoms with van der Waals surface area (Å²) in [5.74, 6) is 0.817. The summed E-state index contributed by atoms with van der Waals surface area (Å²) in [6.45, 7) is 8.75. The highest BCUT2D eigenvalue weighted by atomic mass is 16.1. The monoisotopic (exact) mass is 281 g/mol. The van der Waals surface area contributed by atoms with Crippen LogP contribution in [0.2, 0.25) is 0 Å². The van der Waals surface area contributed by atoms with Crippen LogP contribution in [0.3, 0.4) is 0 Å². The van der Waals surface area contributed by atoms with Crippen LogP contribution in [0.5, 0.6) is 0 Å². The Hall–Kier alpha value is -1.83. The Labute approximate surface area is 126 Å². The third-order valence-corrected chi connectivity index (χ3v) is 4.42. The van der Waals surface area contributed by atoms with Gasteiger partial charge in [-0.05, 0) is 41.5 Å². The third-order valence-electron chi connectivity index (χ3n) is 4.42. The van der Waals surface area contributed by atoms with E-state index in [1.165, 1.54) is 5.56 Å². The molecule has 0 unspecified atom stereocenters. The van der Waals surface area contributed by atoms with Crippen LogP contribution in [0.1, 0.15) is 61.6 Å². The quantitative estimate of drug-likeness (QED) is 0.778. The highest BCUT2D eigenvalue weighted by Crippen LogP contribution is 2.36. The van der Waals surface area contributed by atoms with Crippen LogP contribution in [-0.2, 0) is 6.42 Å². The lowest BCUT2D eigenvalue weighted by atomic mass is 9.76. The van der Waals surface area contributed by atoms with E-state index in [9.17, 15) is 4.79 Å². The molecule has 1 aromatic carbocycles. The molecule has 2 nitrogen and oxygen atoms in total. The van der Waals surface area contributed by atoms with E-state index in [1.54, 1.807) is 0 Å². The van der Waals surface area contributed by atoms with E-state index < -0.39 is 0 Å². The lowest BCUT2D eigenvalue weighted by Crippen LogP contribution is -2.27. The van der Waals surface area contributed by atoms with Gasteiger partial charge in [-0.2, -0.15) is 0 Å². The minimum atomic E-state index is 0.0536. The molecule has 1 aliphatic carbocycles. The van der Waals surface area contributed by atoms with Gasteiger partial charge in [0.15, 0.2) is 5.78 Å². The van der Waals surface area contributed by atoms with Crippen molar-refractivity contribution >= 4 is 5.78 Å². The Morgan fingerprint density at radius 3 is 2.33 bits per heavy atom. The number of aromatic nitrogens is 1. The van der Waals surface area contributed by atoms with E-state index in [-0.39, 0.29) is 11.2 Å². The summed E-state index contributed by atoms with van der Waals surface area (Å²) in [6.07, 6.45) is 3.64. The molecule has 0 saturated heterocycles. The van der Waals surface area contributed by atoms with Crippen LogP contribution in [0, 0.1) is 5.41 Å². The number of benzene rings is 1. The first-order valence-corrected chi connectivity index (χ1v) is 7.71. The van der Waals surface area contributed by atoms with Gasteiger partial charge in [-0.25, -0.2) is 0 Å². The first-order valence-electron chi connectivity index (χ1n) is 7.71. The summed E-state index contributed by atoms with van der Waals surface area (Å²) in [5.41, 5.74) is 4.61. The number of hydrogen-bond donors (Lipinski definition) is 0. The van der Waals surface area contributed by atoms with E-state index in [1.807, 2.05) is 12.3 Å². The molecule has 0 N–H and O–H groups in total. The molecular weight excluding hydrogens is 258 g/mol. The van der Waals surface area contributed by atoms with Crippen LogP contribution in [0.15, 0.2) is 36.5 Å². The summed E-state index contributed by atoms with van der Waals surface area (Å²) in [6, 6.07) is 10.6. The average molecular weight is 281 g/mol. The van der Waals surface area contributed by atoms with Crippen LogP contribution in [0.4, 0.5) is 0 Å². The van der Waals surface area contributed by atoms with E-state index in [2.05, 4.69) is 56.5 Å². The number of nitrogens with zero attached hydrogens (tertiary/aromatic N) is 1. The number of carbonyl (C=O) groups excluding carboxylic acids is 1. The second-order valence-corrected chi connectivity index (χ2v) is 7.23. The minimum absolute atomic E-state index is 0.0536. The molecule has 0 radical (unpaired) electrons. The van der Waals surface area contributed by atoms with Crippen molar-refractivity contribution in [2.24, 2.45) is 5.41 Å². The maximum absolute atomic E-state index is 12.3. The van der Waals surface area contributed by atoms with Crippen LogP contribution < -0.4 is 0 Å². The Balaban J connectivity index is 2.03. The third kappa shape index (κ3) is 2.55. The second-order valence-electron chi connectivity index (χ2n) is 7.23. The van der Waals surface area contributed by atoms with Crippen molar-refractivity contribution in [1.82, 2.24) is 4.57 Å². The zero-order valence-corrected chi connectivity index (χ0v) is 13.3. The number of fused-ring (bicyclic) bond motifs is 1. The standard InChI is InChI=1S/C19H23NO/c1-13(2)14-5-7-15(8-6-14)20-10-9-16-17(20)11-19(3,4)12-18(16)21/h5-10,13H,11-12H2,1-4H3. The highest BCUT2D eigenvalue weighted by Gasteiger charge is 2.33. The Morgan fingerprint density at radius 1 is 1.05 bits per heavy atom. The van der Waals surface area contributed by atoms with Gasteiger partial charge in [-0.1, -0.05) is 39.8 Å². The minimum Gasteiger partial charge on any atom is -0.320 e. The van der Waals surface area contributed by atoms with Crippen molar-refractivity contribution in [2.45, 2.75) is 46.5 Å². The maximum Gasteiger partial charge on any atom is 0.165 e. The number of ketones is 1. The van der Waals surface area contributed by atoms with Crippen molar-refractivity contribution in [2.75, 3.05) is 0 Å². The molecule has 0 spiro atoms. The smallest absolute Gasteiger partial charge is 0.165 e. The molecule has 1 heterocycles. The Morgan fingerprint density at radius 2 is 1.71 bits per heavy atom. The average Bonchev–Trinajstić information content (AvgIpc) is 2.81. The molecule has 1 aromatic heterocycles. The predicted molar refractivity (Wildman–Crippen MR) is 86.3 cm³/mol. The first kappa shape index (κ1) is 14.1. The van der Waals surface area contributed by atoms with Gasteiger partial charge in [-0.15, -0.1) is 0 Å². The first-order chi connectivity index (χ1) is 9.87. The Kier molecular flexibility index (Phi) is 3.27. The van der Waals surface area contributed by atoms with Gasteiger partial charge in [0.1, 0.15) is 0 Å². The maximum atomic E-state index is 12.3. The molecule has 21 heavy (non-hydrogen) atoms. The van der Waals surface area contributed by atoms with Gasteiger partial charge in [0.2, 0.25) is 0 Å². The second kappa shape index (κ2) is 4.87. The van der Waals surface area contributed by atoms with Crippen LogP contribution in [0.25, 0.3) is 5.69 Å². The largest absolute Gasteiger partial charge is 0.320 e. The van der Waals surface area contributed by atoms with Gasteiger partial charge in [0, 0.05) is 29.6 Å². The summed E-state index contributed by atoms with van der Waals surface area (Å²) in [7, 11) is 0. The fraction of sp³-hybridized carbons (Fsp3) is 0.421. The van der Waals surface area contributed by atoms with Gasteiger partial charge in [-0.3, -0.25) is 4.79 Å². The molecule has 0 fully saturated rings. The van der Waals surface area contributed by atoms with Crippen molar-refractivity contribution in [3.05, 3.63) is 53.3 Å². The molecular formula is C19H23NO. The van der Waals surface area contributed by atoms with Gasteiger partial charge in [0.25, 0.3) is 0 Å². The molecule has 0 atom stereocenters. The van der Waals surface area contributed by atoms with Crippen molar-refractivity contribution in [3.8, 4) is 5.69 Å². The summed E-state index contributed by atoms with van der Waals surface area (Å²) >= 11 is 0. The lowest BCUT2D eigenvalue weighted by Gasteiger charge is -2.29. The molecule has 0 bridgehead atoms. The molecule has 1 aliphatic rings. The van der Waals surface area contributed by atoms with Crippen molar-refractivity contribution in [1.29, 1.82) is 0 Å². The Bertz CT molecular complexity index is 674. The normalized spacial score (nSPS) is 17.1. The van der Waals surface area contributed by atoms with Gasteiger partial charge >= 0.3 is 0 Å². The number of hydrogen-bond acceptors (Lipinski definition) is 1. The van der Waals surface area contributed by atoms with Crippen LogP contribution in [-0.4, -0.2) is 10.4 Å². The fourth-order valence-electron chi connectivity index (χ4n) is 3.21. The van der Waals surface area contributed by atoms with Gasteiger partial charge < -0.3 is 4.57 Å². The number of Topliss-reactive ketones (excluding diaryl/α,β-unsaturated/α-hetero) is 1. The van der Waals surface area contributed by atoms with E-state index >= 15 is 0 Å². The summed E-state index contributed by atoms with van der Waals surface area (Å²) < 4.78 is 2.18. The number of rotatable bonds is 2. The van der Waals surface area contributed by atoms with E-state index in [4.69, 9.17) is 0 Å². The topological polar surface area (TPSA) is 22.0 Å². The summed E-state index contributed by atoms with van der Waals surface area (Å²) in [4.78, 5) is 12.3. The van der Waals surface area contributed by atoms with E-state index in [0.717, 1.165) is 23.4 Å². The molecule has 0 saturated carbocycles. The molecule has 0 aliphatic heterocycles. The zero-order valence-electron chi connectivity index (χ0n) is 13.3. The molecule has 3 rings (SSSR count). The van der Waals surface area contributed by atoms with Crippen LogP contribution >= 0.6 is 0 Å². The van der Waals surface area contributed by atoms with Gasteiger partial charge in [0.05, 0.1) is 0 Å². The fourth-order valence-corrected chi connectivity index (χ4v) is 3.21. The SMILES string of the molecule is CC(C)c1ccc(-n2ccc3c2CC(C)(C)CC3=O)cc1. The molecule has 2 aromatic rings. The molecule has 2 heteroatoms. The molecule has 110 valence electrons. The van der Waals surface area contributed by atoms with Crippen molar-refractivity contribution in [3.63, 3.8) is 0 Å². The number of carbonyl (C=O) groups is 1. The lowest BCUT2D eigenvalue weighted by molar-refractivity contribution is 0.0911. The predicted octanol–water partition coefficient (Wildman–Crippen LogP) is 4.76. The zero-order chi connectivity index (χ0) is 15.2. The summed E-state index contributed by atoms with van der Waals surface area (Å²) in [5, 5.41) is 0. The molecule has 0 amide bonds. The van der Waals surface area contributed by atoms with E-state index in [0.29, 0.717) is 12.3 Å².